The van der Waals surface area contributed by atoms with Crippen molar-refractivity contribution < 1.29 is 27.5 Å². The van der Waals surface area contributed by atoms with Gasteiger partial charge in [-0.05, 0) is 64.2 Å². The largest absolute Gasteiger partial charge is 0.468 e. The van der Waals surface area contributed by atoms with Crippen LogP contribution in [0.1, 0.15) is 128 Å². The Balaban J connectivity index is 3.84. The summed E-state index contributed by atoms with van der Waals surface area (Å²) in [5, 5.41) is 0. The van der Waals surface area contributed by atoms with E-state index in [9.17, 15) is 4.79 Å². The Kier molecular flexibility index (Phi) is 26.3. The molecular weight excluding hydrogens is 565 g/mol. The van der Waals surface area contributed by atoms with Gasteiger partial charge in [0.25, 0.3) is 6.47 Å². The molecule has 0 aromatic heterocycles. The maximum atomic E-state index is 10.1. The normalized spacial score (nSPS) is 12.7. The molecule has 246 valence electrons. The highest BCUT2D eigenvalue weighted by Crippen LogP contribution is 2.27. The fraction of sp³-hybridized carbons (Fsp3) is 0.969. The molecule has 0 N–H and O–H groups in total. The van der Waals surface area contributed by atoms with Crippen LogP contribution in [0.3, 0.4) is 0 Å². The molecular formula is C32H70O6Si3. The van der Waals surface area contributed by atoms with Gasteiger partial charge in [0.15, 0.2) is 16.6 Å². The summed E-state index contributed by atoms with van der Waals surface area (Å²) in [7, 11) is -3.91. The van der Waals surface area contributed by atoms with Gasteiger partial charge in [-0.15, -0.1) is 0 Å². The molecule has 0 radical (unpaired) electrons. The van der Waals surface area contributed by atoms with Crippen molar-refractivity contribution >= 4 is 31.7 Å². The fourth-order valence-corrected chi connectivity index (χ4v) is 20.1. The molecule has 0 saturated carbocycles. The monoisotopic (exact) mass is 634 g/mol. The quantitative estimate of drug-likeness (QED) is 0.0241. The van der Waals surface area contributed by atoms with E-state index in [4.69, 9.17) is 17.9 Å². The molecule has 41 heavy (non-hydrogen) atoms. The Morgan fingerprint density at radius 1 is 0.463 bits per heavy atom. The highest BCUT2D eigenvalue weighted by Gasteiger charge is 2.39. The summed E-state index contributed by atoms with van der Waals surface area (Å²) in [6, 6.07) is 2.51. The maximum absolute atomic E-state index is 10.1. The minimum absolute atomic E-state index is 0.548. The van der Waals surface area contributed by atoms with Gasteiger partial charge in [-0.2, -0.15) is 0 Å². The highest BCUT2D eigenvalue weighted by atomic mass is 28.5. The van der Waals surface area contributed by atoms with Gasteiger partial charge in [-0.1, -0.05) is 116 Å². The van der Waals surface area contributed by atoms with Gasteiger partial charge in [0.05, 0.1) is 20.3 Å². The molecule has 0 aliphatic heterocycles. The number of ether oxygens (including phenoxy) is 1. The van der Waals surface area contributed by atoms with Crippen molar-refractivity contribution in [2.45, 2.75) is 180 Å². The summed E-state index contributed by atoms with van der Waals surface area (Å²) in [4.78, 5) is 19.7. The van der Waals surface area contributed by atoms with Crippen LogP contribution in [0, 0.1) is 0 Å². The Labute approximate surface area is 258 Å². The number of carbonyl (C=O) groups is 1. The first-order valence-electron chi connectivity index (χ1n) is 17.1. The van der Waals surface area contributed by atoms with Crippen molar-refractivity contribution in [1.82, 2.24) is 0 Å². The number of rotatable bonds is 32. The lowest BCUT2D eigenvalue weighted by atomic mass is 10.1. The van der Waals surface area contributed by atoms with Crippen LogP contribution in [0.15, 0.2) is 0 Å². The summed E-state index contributed by atoms with van der Waals surface area (Å²) in [5.74, 6) is 0. The molecule has 0 aliphatic rings. The summed E-state index contributed by atoms with van der Waals surface area (Å²) in [6.45, 7) is 16.0. The third kappa shape index (κ3) is 29.8. The first kappa shape index (κ1) is 41.0. The molecule has 0 atom stereocenters. The molecule has 0 aromatic carbocycles. The van der Waals surface area contributed by atoms with Crippen LogP contribution < -0.4 is 0 Å². The maximum Gasteiger partial charge on any atom is 0.311 e. The molecule has 0 bridgehead atoms. The van der Waals surface area contributed by atoms with Crippen LogP contribution in [0.5, 0.6) is 0 Å². The van der Waals surface area contributed by atoms with E-state index in [1.807, 2.05) is 0 Å². The minimum atomic E-state index is -2.10. The zero-order chi connectivity index (χ0) is 30.7. The lowest BCUT2D eigenvalue weighted by molar-refractivity contribution is -0.272. The van der Waals surface area contributed by atoms with Crippen molar-refractivity contribution in [2.75, 3.05) is 20.3 Å². The molecule has 0 unspecified atom stereocenters. The Morgan fingerprint density at radius 3 is 1.12 bits per heavy atom. The molecule has 0 amide bonds. The summed E-state index contributed by atoms with van der Waals surface area (Å²) in [5.41, 5.74) is 0. The van der Waals surface area contributed by atoms with Gasteiger partial charge in [0, 0.05) is 0 Å². The Hall–Kier alpha value is -0.0394. The third-order valence-corrected chi connectivity index (χ3v) is 19.2. The first-order chi connectivity index (χ1) is 19.5. The van der Waals surface area contributed by atoms with Crippen LogP contribution in [-0.2, 0) is 27.5 Å². The second-order valence-corrected chi connectivity index (χ2v) is 26.1. The van der Waals surface area contributed by atoms with Gasteiger partial charge >= 0.3 is 8.56 Å². The van der Waals surface area contributed by atoms with E-state index in [0.29, 0.717) is 13.1 Å². The van der Waals surface area contributed by atoms with E-state index < -0.39 is 25.2 Å². The average molecular weight is 635 g/mol. The Morgan fingerprint density at radius 2 is 0.780 bits per heavy atom. The van der Waals surface area contributed by atoms with Gasteiger partial charge in [0.1, 0.15) is 0 Å². The van der Waals surface area contributed by atoms with Crippen LogP contribution in [0.2, 0.25) is 51.4 Å². The number of carbonyl (C=O) groups excluding carboxylic acids is 1. The second kappa shape index (κ2) is 26.4. The van der Waals surface area contributed by atoms with Crippen molar-refractivity contribution in [1.29, 1.82) is 0 Å². The SMILES string of the molecule is COOCCCCCCCCCCCC[Si](C)(C)O[Si](C)(C)O[Si](C)(C)CCCCCCCCCCCCOC=O. The van der Waals surface area contributed by atoms with Crippen molar-refractivity contribution in [3.8, 4) is 0 Å². The highest BCUT2D eigenvalue weighted by molar-refractivity contribution is 6.87. The summed E-state index contributed by atoms with van der Waals surface area (Å²) >= 11 is 0. The van der Waals surface area contributed by atoms with Crippen LogP contribution in [-0.4, -0.2) is 52.0 Å². The van der Waals surface area contributed by atoms with E-state index in [1.54, 1.807) is 7.11 Å². The number of unbranched alkanes of at least 4 members (excludes halogenated alkanes) is 18. The topological polar surface area (TPSA) is 63.2 Å². The zero-order valence-corrected chi connectivity index (χ0v) is 31.5. The molecule has 0 fully saturated rings. The van der Waals surface area contributed by atoms with Crippen LogP contribution in [0.4, 0.5) is 0 Å². The predicted octanol–water partition coefficient (Wildman–Crippen LogP) is 10.7. The van der Waals surface area contributed by atoms with Gasteiger partial charge in [0.2, 0.25) is 0 Å². The molecule has 0 spiro atoms. The van der Waals surface area contributed by atoms with Crippen molar-refractivity contribution in [3.05, 3.63) is 0 Å². The smallest absolute Gasteiger partial charge is 0.311 e. The second-order valence-electron chi connectivity index (χ2n) is 13.7. The molecule has 0 aromatic rings. The lowest BCUT2D eigenvalue weighted by Gasteiger charge is -2.39. The van der Waals surface area contributed by atoms with E-state index in [1.165, 1.54) is 128 Å². The third-order valence-electron chi connectivity index (χ3n) is 7.78. The minimum Gasteiger partial charge on any atom is -0.468 e. The molecule has 6 nitrogen and oxygen atoms in total. The van der Waals surface area contributed by atoms with Gasteiger partial charge < -0.3 is 13.0 Å². The molecule has 0 heterocycles. The molecule has 0 rings (SSSR count). The lowest BCUT2D eigenvalue weighted by Crippen LogP contribution is -2.52. The van der Waals surface area contributed by atoms with Gasteiger partial charge in [-0.3, -0.25) is 4.79 Å². The molecule has 9 heteroatoms. The number of hydrogen-bond donors (Lipinski definition) is 0. The molecule has 0 saturated heterocycles. The summed E-state index contributed by atoms with van der Waals surface area (Å²) in [6.07, 6.45) is 25.9. The van der Waals surface area contributed by atoms with E-state index >= 15 is 0 Å². The zero-order valence-electron chi connectivity index (χ0n) is 28.5. The van der Waals surface area contributed by atoms with Crippen molar-refractivity contribution in [2.24, 2.45) is 0 Å². The van der Waals surface area contributed by atoms with Crippen LogP contribution >= 0.6 is 0 Å². The van der Waals surface area contributed by atoms with E-state index in [2.05, 4.69) is 44.2 Å². The van der Waals surface area contributed by atoms with Gasteiger partial charge in [-0.25, -0.2) is 9.78 Å². The van der Waals surface area contributed by atoms with E-state index in [-0.39, 0.29) is 0 Å². The fourth-order valence-electron chi connectivity index (χ4n) is 5.86. The average Bonchev–Trinajstić information content (AvgIpc) is 2.88. The predicted molar refractivity (Wildman–Crippen MR) is 182 cm³/mol. The Bertz CT molecular complexity index is 590. The van der Waals surface area contributed by atoms with Crippen molar-refractivity contribution in [3.63, 3.8) is 0 Å². The standard InChI is InChI=1S/C32H70O6Si3/c1-34-36-29-25-21-17-13-9-11-15-19-23-27-31-40(4,5)38-41(6,7)37-39(2,3)30-26-22-18-14-10-8-12-16-20-24-28-35-32-33/h32H,8-31H2,1-7H3. The van der Waals surface area contributed by atoms with E-state index in [0.717, 1.165) is 19.4 Å². The number of hydrogen-bond acceptors (Lipinski definition) is 6. The molecule has 0 aliphatic carbocycles. The van der Waals surface area contributed by atoms with Crippen LogP contribution in [0.25, 0.3) is 0 Å². The summed E-state index contributed by atoms with van der Waals surface area (Å²) < 4.78 is 18.4. The first-order valence-corrected chi connectivity index (χ1v) is 26.2.